The summed E-state index contributed by atoms with van der Waals surface area (Å²) in [5, 5.41) is 13.7. The summed E-state index contributed by atoms with van der Waals surface area (Å²) < 4.78 is 9.79. The van der Waals surface area contributed by atoms with Crippen molar-refractivity contribution in [2.45, 2.75) is 59.6 Å². The second kappa shape index (κ2) is 13.3. The molecule has 0 saturated carbocycles. The van der Waals surface area contributed by atoms with Crippen molar-refractivity contribution in [2.75, 3.05) is 23.9 Å². The Bertz CT molecular complexity index is 1230. The van der Waals surface area contributed by atoms with E-state index >= 15 is 0 Å². The first-order valence-electron chi connectivity index (χ1n) is 12.2. The fourth-order valence-electron chi connectivity index (χ4n) is 3.51. The molecular weight excluding hydrogens is 484 g/mol. The monoisotopic (exact) mass is 520 g/mol. The third-order valence-corrected chi connectivity index (χ3v) is 5.18. The van der Waals surface area contributed by atoms with Crippen molar-refractivity contribution in [1.29, 1.82) is 5.41 Å². The molecule has 0 bridgehead atoms. The molecule has 0 aliphatic carbocycles. The maximum atomic E-state index is 12.6. The molecule has 2 amide bonds. The summed E-state index contributed by atoms with van der Waals surface area (Å²) in [6, 6.07) is 12.5. The molecular formula is C29H36N4O5. The average molecular weight is 521 g/mol. The van der Waals surface area contributed by atoms with Crippen LogP contribution in [0.4, 0.5) is 16.2 Å². The van der Waals surface area contributed by atoms with Gasteiger partial charge in [-0.2, -0.15) is 0 Å². The Hall–Kier alpha value is -4.32. The van der Waals surface area contributed by atoms with Crippen LogP contribution in [0.25, 0.3) is 0 Å². The van der Waals surface area contributed by atoms with E-state index in [9.17, 15) is 14.4 Å². The Kier molecular flexibility index (Phi) is 10.5. The zero-order chi connectivity index (χ0) is 28.5. The lowest BCUT2D eigenvalue weighted by atomic mass is 10.1. The fraction of sp³-hybridized carbons (Fsp3) is 0.379. The van der Waals surface area contributed by atoms with Gasteiger partial charge in [0.2, 0.25) is 5.91 Å². The van der Waals surface area contributed by atoms with Crippen molar-refractivity contribution in [1.82, 2.24) is 5.32 Å². The molecule has 9 heteroatoms. The Morgan fingerprint density at radius 3 is 2.29 bits per heavy atom. The highest BCUT2D eigenvalue weighted by Gasteiger charge is 2.23. The van der Waals surface area contributed by atoms with Gasteiger partial charge in [-0.3, -0.25) is 20.3 Å². The number of aryl methyl sites for hydroxylation is 1. The summed E-state index contributed by atoms with van der Waals surface area (Å²) in [5.41, 5.74) is 3.12. The van der Waals surface area contributed by atoms with Crippen LogP contribution in [0.1, 0.15) is 57.7 Å². The van der Waals surface area contributed by atoms with Crippen LogP contribution < -0.4 is 15.5 Å². The summed E-state index contributed by atoms with van der Waals surface area (Å²) in [6.07, 6.45) is -0.989. The fourth-order valence-corrected chi connectivity index (χ4v) is 3.51. The number of nitrogens with one attached hydrogen (secondary N) is 3. The number of hydrogen-bond donors (Lipinski definition) is 3. The van der Waals surface area contributed by atoms with E-state index < -0.39 is 17.7 Å². The molecule has 0 radical (unpaired) electrons. The Morgan fingerprint density at radius 1 is 1.08 bits per heavy atom. The quantitative estimate of drug-likeness (QED) is 0.161. The normalized spacial score (nSPS) is 10.6. The molecule has 2 aromatic rings. The molecule has 38 heavy (non-hydrogen) atoms. The number of benzene rings is 2. The average Bonchev–Trinajstić information content (AvgIpc) is 2.82. The topological polar surface area (TPSA) is 121 Å². The lowest BCUT2D eigenvalue weighted by Gasteiger charge is -2.28. The number of methoxy groups -OCH3 is 1. The zero-order valence-corrected chi connectivity index (χ0v) is 23.0. The number of anilines is 2. The number of carbonyl (C=O) groups excluding carboxylic acids is 3. The van der Waals surface area contributed by atoms with Crippen LogP contribution in [0, 0.1) is 24.2 Å². The Balaban J connectivity index is 1.98. The molecule has 9 nitrogen and oxygen atoms in total. The van der Waals surface area contributed by atoms with Gasteiger partial charge in [-0.05, 0) is 89.6 Å². The summed E-state index contributed by atoms with van der Waals surface area (Å²) in [5.74, 6) is 5.24. The minimum absolute atomic E-state index is 0.0487. The van der Waals surface area contributed by atoms with E-state index in [4.69, 9.17) is 10.1 Å². The lowest BCUT2D eigenvalue weighted by molar-refractivity contribution is -0.143. The van der Waals surface area contributed by atoms with Gasteiger partial charge < -0.3 is 19.7 Å². The number of alkyl carbamates (subject to hydrolysis) is 1. The molecule has 0 aliphatic rings. The van der Waals surface area contributed by atoms with Crippen molar-refractivity contribution in [2.24, 2.45) is 0 Å². The van der Waals surface area contributed by atoms with Gasteiger partial charge in [0.15, 0.2) is 0 Å². The third kappa shape index (κ3) is 9.28. The number of ether oxygens (including phenoxy) is 2. The minimum atomic E-state index is -0.673. The molecule has 0 aliphatic heterocycles. The SMILES string of the molecule is COC(=O)CC(=O)N(c1ccc(C#CCNc2ccc(C(=N)NC(=O)OC(C)(C)C)cc2)cc1C)C(C)C. The largest absolute Gasteiger partial charge is 0.469 e. The first-order valence-corrected chi connectivity index (χ1v) is 12.2. The van der Waals surface area contributed by atoms with E-state index in [1.165, 1.54) is 7.11 Å². The number of carbonyl (C=O) groups is 3. The summed E-state index contributed by atoms with van der Waals surface area (Å²) in [6.45, 7) is 11.3. The van der Waals surface area contributed by atoms with Crippen molar-refractivity contribution in [3.05, 3.63) is 59.2 Å². The van der Waals surface area contributed by atoms with E-state index in [-0.39, 0.29) is 24.2 Å². The molecule has 0 fully saturated rings. The second-order valence-electron chi connectivity index (χ2n) is 9.85. The van der Waals surface area contributed by atoms with Crippen LogP contribution in [-0.2, 0) is 19.1 Å². The summed E-state index contributed by atoms with van der Waals surface area (Å²) >= 11 is 0. The van der Waals surface area contributed by atoms with Gasteiger partial charge in [0.25, 0.3) is 0 Å². The molecule has 202 valence electrons. The first-order chi connectivity index (χ1) is 17.8. The van der Waals surface area contributed by atoms with Gasteiger partial charge in [0.1, 0.15) is 17.9 Å². The number of rotatable bonds is 7. The standard InChI is InChI=1S/C29H36N4O5/c1-19(2)33(25(34)18-26(35)37-7)24-15-10-21(17-20(24)3)9-8-16-31-23-13-11-22(12-14-23)27(30)32-28(36)38-29(4,5)6/h10-15,17,19,31H,16,18H2,1-7H3,(H2,30,32,36). The van der Waals surface area contributed by atoms with Crippen LogP contribution >= 0.6 is 0 Å². The molecule has 0 aromatic heterocycles. The van der Waals surface area contributed by atoms with Gasteiger partial charge in [-0.15, -0.1) is 0 Å². The zero-order valence-electron chi connectivity index (χ0n) is 23.0. The van der Waals surface area contributed by atoms with E-state index in [0.29, 0.717) is 12.1 Å². The molecule has 0 atom stereocenters. The number of esters is 1. The Morgan fingerprint density at radius 2 is 1.74 bits per heavy atom. The maximum absolute atomic E-state index is 12.6. The minimum Gasteiger partial charge on any atom is -0.469 e. The molecule has 0 unspecified atom stereocenters. The highest BCUT2D eigenvalue weighted by molar-refractivity contribution is 6.05. The van der Waals surface area contributed by atoms with Crippen molar-refractivity contribution >= 4 is 35.2 Å². The van der Waals surface area contributed by atoms with Gasteiger partial charge in [0, 0.05) is 28.5 Å². The number of nitrogens with zero attached hydrogens (tertiary/aromatic N) is 1. The van der Waals surface area contributed by atoms with Crippen LogP contribution in [-0.4, -0.2) is 49.1 Å². The molecule has 2 aromatic carbocycles. The first kappa shape index (κ1) is 29.9. The highest BCUT2D eigenvalue weighted by Crippen LogP contribution is 2.24. The predicted octanol–water partition coefficient (Wildman–Crippen LogP) is 4.61. The predicted molar refractivity (Wildman–Crippen MR) is 148 cm³/mol. The summed E-state index contributed by atoms with van der Waals surface area (Å²) in [7, 11) is 1.26. The third-order valence-electron chi connectivity index (χ3n) is 5.18. The van der Waals surface area contributed by atoms with E-state index in [1.54, 1.807) is 49.9 Å². The highest BCUT2D eigenvalue weighted by atomic mass is 16.6. The molecule has 0 heterocycles. The van der Waals surface area contributed by atoms with Gasteiger partial charge in [-0.25, -0.2) is 4.79 Å². The van der Waals surface area contributed by atoms with Crippen LogP contribution in [0.2, 0.25) is 0 Å². The maximum Gasteiger partial charge on any atom is 0.413 e. The van der Waals surface area contributed by atoms with Crippen LogP contribution in [0.15, 0.2) is 42.5 Å². The number of hydrogen-bond acceptors (Lipinski definition) is 7. The van der Waals surface area contributed by atoms with Gasteiger partial charge in [-0.1, -0.05) is 11.8 Å². The van der Waals surface area contributed by atoms with Crippen LogP contribution in [0.5, 0.6) is 0 Å². The number of amidine groups is 1. The van der Waals surface area contributed by atoms with Crippen molar-refractivity contribution in [3.63, 3.8) is 0 Å². The van der Waals surface area contributed by atoms with Crippen molar-refractivity contribution in [3.8, 4) is 11.8 Å². The molecule has 0 spiro atoms. The van der Waals surface area contributed by atoms with Crippen LogP contribution in [0.3, 0.4) is 0 Å². The van der Waals surface area contributed by atoms with E-state index in [2.05, 4.69) is 27.2 Å². The van der Waals surface area contributed by atoms with Gasteiger partial charge in [0.05, 0.1) is 13.7 Å². The lowest BCUT2D eigenvalue weighted by Crippen LogP contribution is -2.38. The molecule has 2 rings (SSSR count). The van der Waals surface area contributed by atoms with Gasteiger partial charge >= 0.3 is 12.1 Å². The van der Waals surface area contributed by atoms with E-state index in [0.717, 1.165) is 22.5 Å². The summed E-state index contributed by atoms with van der Waals surface area (Å²) in [4.78, 5) is 37.7. The molecule has 3 N–H and O–H groups in total. The van der Waals surface area contributed by atoms with Crippen molar-refractivity contribution < 1.29 is 23.9 Å². The molecule has 0 saturated heterocycles. The number of amides is 2. The van der Waals surface area contributed by atoms with E-state index in [1.807, 2.05) is 39.0 Å². The second-order valence-corrected chi connectivity index (χ2v) is 9.85. The smallest absolute Gasteiger partial charge is 0.413 e. The Labute approximate surface area is 224 Å².